The van der Waals surface area contributed by atoms with Crippen LogP contribution in [0.4, 0.5) is 0 Å². The van der Waals surface area contributed by atoms with Crippen LogP contribution in [0.5, 0.6) is 0 Å². The van der Waals surface area contributed by atoms with Gasteiger partial charge < -0.3 is 5.11 Å². The van der Waals surface area contributed by atoms with Crippen LogP contribution in [0.2, 0.25) is 5.02 Å². The number of hydrogen-bond donors (Lipinski definition) is 1. The van der Waals surface area contributed by atoms with E-state index in [1.54, 1.807) is 0 Å². The lowest BCUT2D eigenvalue weighted by Crippen LogP contribution is -1.95. The van der Waals surface area contributed by atoms with Crippen molar-refractivity contribution in [2.45, 2.75) is 6.61 Å². The van der Waals surface area contributed by atoms with E-state index in [0.717, 1.165) is 16.6 Å². The van der Waals surface area contributed by atoms with Crippen molar-refractivity contribution < 1.29 is 5.11 Å². The van der Waals surface area contributed by atoms with E-state index >= 15 is 0 Å². The topological polar surface area (TPSA) is 50.4 Å². The highest BCUT2D eigenvalue weighted by Gasteiger charge is 2.07. The second-order valence-corrected chi connectivity index (χ2v) is 3.94. The monoisotopic (exact) mass is 233 g/mol. The maximum absolute atomic E-state index is 9.19. The van der Waals surface area contributed by atoms with Crippen molar-refractivity contribution in [2.75, 3.05) is 0 Å². The fraction of sp³-hybridized carbons (Fsp3) is 0.0909. The maximum Gasteiger partial charge on any atom is 0.163 e. The molecule has 2 heterocycles. The summed E-state index contributed by atoms with van der Waals surface area (Å²) in [5, 5.41) is 18.8. The van der Waals surface area contributed by atoms with Crippen LogP contribution in [-0.4, -0.2) is 19.7 Å². The van der Waals surface area contributed by atoms with E-state index in [2.05, 4.69) is 10.2 Å². The lowest BCUT2D eigenvalue weighted by Gasteiger charge is -2.03. The van der Waals surface area contributed by atoms with Gasteiger partial charge in [-0.15, -0.1) is 10.2 Å². The first-order valence-corrected chi connectivity index (χ1v) is 5.20. The molecule has 1 N–H and O–H groups in total. The van der Waals surface area contributed by atoms with Gasteiger partial charge in [0.15, 0.2) is 11.5 Å². The third kappa shape index (κ3) is 1.27. The molecule has 0 fully saturated rings. The molecule has 0 saturated heterocycles. The van der Waals surface area contributed by atoms with Gasteiger partial charge in [-0.25, -0.2) is 0 Å². The van der Waals surface area contributed by atoms with Crippen molar-refractivity contribution in [3.63, 3.8) is 0 Å². The molecular formula is C11H8ClN3O. The van der Waals surface area contributed by atoms with Crippen LogP contribution >= 0.6 is 11.6 Å². The van der Waals surface area contributed by atoms with Gasteiger partial charge in [0.2, 0.25) is 0 Å². The van der Waals surface area contributed by atoms with Gasteiger partial charge in [0.25, 0.3) is 0 Å². The maximum atomic E-state index is 9.19. The summed E-state index contributed by atoms with van der Waals surface area (Å²) in [5.41, 5.74) is 1.66. The highest BCUT2D eigenvalue weighted by atomic mass is 35.5. The van der Waals surface area contributed by atoms with Gasteiger partial charge in [0, 0.05) is 10.4 Å². The molecule has 0 radical (unpaired) electrons. The van der Waals surface area contributed by atoms with Gasteiger partial charge in [-0.2, -0.15) is 0 Å². The molecule has 0 spiro atoms. The zero-order valence-corrected chi connectivity index (χ0v) is 9.02. The first-order valence-electron chi connectivity index (χ1n) is 4.83. The van der Waals surface area contributed by atoms with Gasteiger partial charge in [-0.05, 0) is 30.3 Å². The molecule has 0 saturated carbocycles. The van der Waals surface area contributed by atoms with E-state index in [1.807, 2.05) is 34.7 Å². The predicted molar refractivity (Wildman–Crippen MR) is 61.4 cm³/mol. The summed E-state index contributed by atoms with van der Waals surface area (Å²) in [6.45, 7) is -0.136. The van der Waals surface area contributed by atoms with Crippen LogP contribution in [-0.2, 0) is 6.61 Å². The third-order valence-electron chi connectivity index (χ3n) is 2.54. The first-order chi connectivity index (χ1) is 7.79. The Hall–Kier alpha value is -1.65. The second-order valence-electron chi connectivity index (χ2n) is 3.50. The molecule has 4 nitrogen and oxygen atoms in total. The zero-order valence-electron chi connectivity index (χ0n) is 8.26. The highest BCUT2D eigenvalue weighted by Crippen LogP contribution is 2.21. The number of nitrogens with zero attached hydrogens (tertiary/aromatic N) is 3. The number of halogens is 1. The van der Waals surface area contributed by atoms with E-state index in [0.29, 0.717) is 10.8 Å². The van der Waals surface area contributed by atoms with Crippen molar-refractivity contribution >= 4 is 28.2 Å². The molecule has 0 amide bonds. The van der Waals surface area contributed by atoms with E-state index in [1.165, 1.54) is 0 Å². The largest absolute Gasteiger partial charge is 0.388 e. The highest BCUT2D eigenvalue weighted by molar-refractivity contribution is 6.31. The SMILES string of the molecule is OCc1nnc2ccc3cc(Cl)ccc3n12. The van der Waals surface area contributed by atoms with Crippen LogP contribution in [0.3, 0.4) is 0 Å². The smallest absolute Gasteiger partial charge is 0.163 e. The van der Waals surface area contributed by atoms with Crippen molar-refractivity contribution in [1.29, 1.82) is 0 Å². The van der Waals surface area contributed by atoms with Crippen molar-refractivity contribution in [2.24, 2.45) is 0 Å². The van der Waals surface area contributed by atoms with Crippen LogP contribution in [0.1, 0.15) is 5.82 Å². The summed E-state index contributed by atoms with van der Waals surface area (Å²) in [6.07, 6.45) is 0. The van der Waals surface area contributed by atoms with Crippen molar-refractivity contribution in [1.82, 2.24) is 14.6 Å². The van der Waals surface area contributed by atoms with Crippen LogP contribution < -0.4 is 0 Å². The number of benzene rings is 1. The Balaban J connectivity index is 2.51. The molecule has 0 unspecified atom stereocenters. The summed E-state index contributed by atoms with van der Waals surface area (Å²) in [7, 11) is 0. The standard InChI is InChI=1S/C11H8ClN3O/c12-8-2-3-9-7(5-8)1-4-10-13-14-11(6-16)15(9)10/h1-5,16H,6H2. The molecule has 0 bridgehead atoms. The van der Waals surface area contributed by atoms with E-state index in [9.17, 15) is 5.11 Å². The Morgan fingerprint density at radius 1 is 1.19 bits per heavy atom. The molecule has 3 rings (SSSR count). The molecule has 0 aliphatic carbocycles. The molecule has 1 aromatic carbocycles. The number of hydrogen-bond acceptors (Lipinski definition) is 3. The van der Waals surface area contributed by atoms with Gasteiger partial charge in [0.1, 0.15) is 6.61 Å². The quantitative estimate of drug-likeness (QED) is 0.700. The summed E-state index contributed by atoms with van der Waals surface area (Å²) < 4.78 is 1.83. The average Bonchev–Trinajstić information content (AvgIpc) is 2.71. The minimum atomic E-state index is -0.136. The fourth-order valence-electron chi connectivity index (χ4n) is 1.83. The third-order valence-corrected chi connectivity index (χ3v) is 2.77. The molecule has 80 valence electrons. The molecular weight excluding hydrogens is 226 g/mol. The number of rotatable bonds is 1. The number of aromatic nitrogens is 3. The first kappa shape index (κ1) is 9.57. The summed E-state index contributed by atoms with van der Waals surface area (Å²) in [4.78, 5) is 0. The Morgan fingerprint density at radius 2 is 2.06 bits per heavy atom. The Bertz CT molecular complexity index is 677. The van der Waals surface area contributed by atoms with Crippen LogP contribution in [0.25, 0.3) is 16.6 Å². The molecule has 0 aliphatic rings. The van der Waals surface area contributed by atoms with Crippen molar-refractivity contribution in [3.05, 3.63) is 41.2 Å². The van der Waals surface area contributed by atoms with E-state index < -0.39 is 0 Å². The summed E-state index contributed by atoms with van der Waals surface area (Å²) >= 11 is 5.93. The summed E-state index contributed by atoms with van der Waals surface area (Å²) in [6, 6.07) is 9.37. The van der Waals surface area contributed by atoms with E-state index in [4.69, 9.17) is 11.6 Å². The lowest BCUT2D eigenvalue weighted by molar-refractivity contribution is 0.270. The zero-order chi connectivity index (χ0) is 11.1. The summed E-state index contributed by atoms with van der Waals surface area (Å²) in [5.74, 6) is 0.530. The fourth-order valence-corrected chi connectivity index (χ4v) is 2.01. The molecule has 3 aromatic rings. The van der Waals surface area contributed by atoms with E-state index in [-0.39, 0.29) is 6.61 Å². The molecule has 16 heavy (non-hydrogen) atoms. The molecule has 5 heteroatoms. The number of pyridine rings is 1. The minimum absolute atomic E-state index is 0.136. The lowest BCUT2D eigenvalue weighted by atomic mass is 10.2. The predicted octanol–water partition coefficient (Wildman–Crippen LogP) is 2.03. The minimum Gasteiger partial charge on any atom is -0.388 e. The Kier molecular flexibility index (Phi) is 2.05. The Morgan fingerprint density at radius 3 is 2.88 bits per heavy atom. The van der Waals surface area contributed by atoms with Crippen LogP contribution in [0.15, 0.2) is 30.3 Å². The normalized spacial score (nSPS) is 11.4. The van der Waals surface area contributed by atoms with Gasteiger partial charge in [-0.3, -0.25) is 4.40 Å². The second kappa shape index (κ2) is 3.43. The average molecular weight is 234 g/mol. The molecule has 0 aliphatic heterocycles. The number of aliphatic hydroxyl groups excluding tert-OH is 1. The number of fused-ring (bicyclic) bond motifs is 3. The number of aliphatic hydroxyl groups is 1. The van der Waals surface area contributed by atoms with Gasteiger partial charge in [0.05, 0.1) is 5.52 Å². The molecule has 2 aromatic heterocycles. The van der Waals surface area contributed by atoms with Gasteiger partial charge >= 0.3 is 0 Å². The van der Waals surface area contributed by atoms with Crippen LogP contribution in [0, 0.1) is 0 Å². The van der Waals surface area contributed by atoms with Crippen molar-refractivity contribution in [3.8, 4) is 0 Å². The Labute approximate surface area is 96.1 Å². The van der Waals surface area contributed by atoms with Gasteiger partial charge in [-0.1, -0.05) is 11.6 Å². The molecule has 0 atom stereocenters.